The van der Waals surface area contributed by atoms with Crippen molar-refractivity contribution in [1.29, 1.82) is 0 Å². The number of hydrogen-bond acceptors (Lipinski definition) is 2. The molecule has 2 aromatic carbocycles. The average Bonchev–Trinajstić information content (AvgIpc) is 2.56. The van der Waals surface area contributed by atoms with Gasteiger partial charge >= 0.3 is 0 Å². The number of hydrogen-bond donors (Lipinski definition) is 1. The van der Waals surface area contributed by atoms with Gasteiger partial charge in [0.05, 0.1) is 10.7 Å². The molecule has 0 radical (unpaired) electrons. The summed E-state index contributed by atoms with van der Waals surface area (Å²) >= 11 is 12.0. The molecule has 0 aliphatic heterocycles. The maximum Gasteiger partial charge on any atom is 0.265 e. The fourth-order valence-corrected chi connectivity index (χ4v) is 2.43. The van der Waals surface area contributed by atoms with Gasteiger partial charge in [-0.1, -0.05) is 49.2 Å². The zero-order valence-electron chi connectivity index (χ0n) is 13.1. The third-order valence-corrected chi connectivity index (χ3v) is 4.02. The van der Waals surface area contributed by atoms with Gasteiger partial charge in [0, 0.05) is 5.02 Å². The van der Waals surface area contributed by atoms with E-state index in [0.717, 1.165) is 6.42 Å². The Morgan fingerprint density at radius 2 is 1.83 bits per heavy atom. The molecule has 0 aliphatic rings. The van der Waals surface area contributed by atoms with Crippen LogP contribution in [0.25, 0.3) is 0 Å². The minimum Gasteiger partial charge on any atom is -0.481 e. The normalized spacial score (nSPS) is 11.8. The lowest BCUT2D eigenvalue weighted by Crippen LogP contribution is -2.32. The highest BCUT2D eigenvalue weighted by atomic mass is 35.5. The average molecular weight is 352 g/mol. The topological polar surface area (TPSA) is 38.3 Å². The zero-order chi connectivity index (χ0) is 16.8. The molecule has 0 bridgehead atoms. The Hall–Kier alpha value is -1.71. The summed E-state index contributed by atoms with van der Waals surface area (Å²) in [5, 5.41) is 3.71. The van der Waals surface area contributed by atoms with Gasteiger partial charge in [0.15, 0.2) is 6.10 Å². The van der Waals surface area contributed by atoms with Gasteiger partial charge < -0.3 is 10.1 Å². The van der Waals surface area contributed by atoms with Crippen LogP contribution in [0.4, 0.5) is 5.69 Å². The van der Waals surface area contributed by atoms with Crippen molar-refractivity contribution in [3.63, 3.8) is 0 Å². The molecule has 0 saturated heterocycles. The monoisotopic (exact) mass is 351 g/mol. The Morgan fingerprint density at radius 3 is 2.43 bits per heavy atom. The van der Waals surface area contributed by atoms with E-state index in [1.807, 2.05) is 31.2 Å². The molecule has 2 aromatic rings. The number of amides is 1. The van der Waals surface area contributed by atoms with Crippen LogP contribution in [0.2, 0.25) is 10.0 Å². The second kappa shape index (κ2) is 8.23. The summed E-state index contributed by atoms with van der Waals surface area (Å²) in [7, 11) is 0. The Labute approximate surface area is 146 Å². The van der Waals surface area contributed by atoms with Crippen molar-refractivity contribution in [1.82, 2.24) is 0 Å². The number of carbonyl (C=O) groups excluding carboxylic acids is 1. The van der Waals surface area contributed by atoms with E-state index < -0.39 is 6.10 Å². The van der Waals surface area contributed by atoms with Crippen LogP contribution in [0.3, 0.4) is 0 Å². The molecule has 1 atom stereocenters. The van der Waals surface area contributed by atoms with Crippen molar-refractivity contribution in [2.24, 2.45) is 0 Å². The van der Waals surface area contributed by atoms with E-state index in [-0.39, 0.29) is 5.91 Å². The third kappa shape index (κ3) is 4.88. The van der Waals surface area contributed by atoms with Crippen LogP contribution in [0.15, 0.2) is 42.5 Å². The summed E-state index contributed by atoms with van der Waals surface area (Å²) in [5.41, 5.74) is 1.70. The van der Waals surface area contributed by atoms with E-state index in [0.29, 0.717) is 27.9 Å². The molecular formula is C18H19Cl2NO2. The standard InChI is InChI=1S/C18H19Cl2NO2/c1-3-12-5-8-14(9-6-12)23-17(4-2)18(22)21-16-11-13(19)7-10-15(16)20/h5-11,17H,3-4H2,1-2H3,(H,21,22)/t17-/m1/s1. The number of benzene rings is 2. The number of rotatable bonds is 6. The van der Waals surface area contributed by atoms with Crippen molar-refractivity contribution in [3.8, 4) is 5.75 Å². The zero-order valence-corrected chi connectivity index (χ0v) is 14.6. The first-order valence-electron chi connectivity index (χ1n) is 7.55. The SMILES string of the molecule is CCc1ccc(O[C@H](CC)C(=O)Nc2cc(Cl)ccc2Cl)cc1. The first-order valence-corrected chi connectivity index (χ1v) is 8.30. The van der Waals surface area contributed by atoms with Crippen LogP contribution >= 0.6 is 23.2 Å². The van der Waals surface area contributed by atoms with Crippen LogP contribution in [0.1, 0.15) is 25.8 Å². The van der Waals surface area contributed by atoms with Gasteiger partial charge in [-0.05, 0) is 48.7 Å². The highest BCUT2D eigenvalue weighted by molar-refractivity contribution is 6.35. The van der Waals surface area contributed by atoms with E-state index in [2.05, 4.69) is 12.2 Å². The molecule has 122 valence electrons. The lowest BCUT2D eigenvalue weighted by Gasteiger charge is -2.18. The van der Waals surface area contributed by atoms with Crippen LogP contribution in [-0.4, -0.2) is 12.0 Å². The molecule has 0 aliphatic carbocycles. The van der Waals surface area contributed by atoms with E-state index in [1.165, 1.54) is 5.56 Å². The number of anilines is 1. The lowest BCUT2D eigenvalue weighted by molar-refractivity contribution is -0.122. The molecule has 0 spiro atoms. The van der Waals surface area contributed by atoms with E-state index in [4.69, 9.17) is 27.9 Å². The van der Waals surface area contributed by atoms with Gasteiger partial charge in [0.2, 0.25) is 0 Å². The van der Waals surface area contributed by atoms with Gasteiger partial charge in [-0.2, -0.15) is 0 Å². The summed E-state index contributed by atoms with van der Waals surface area (Å²) < 4.78 is 5.78. The maximum absolute atomic E-state index is 12.4. The maximum atomic E-state index is 12.4. The highest BCUT2D eigenvalue weighted by Crippen LogP contribution is 2.26. The van der Waals surface area contributed by atoms with Crippen molar-refractivity contribution in [2.45, 2.75) is 32.8 Å². The largest absolute Gasteiger partial charge is 0.481 e. The molecule has 0 saturated carbocycles. The molecule has 5 heteroatoms. The molecule has 0 unspecified atom stereocenters. The second-order valence-corrected chi connectivity index (χ2v) is 5.97. The Kier molecular flexibility index (Phi) is 6.31. The third-order valence-electron chi connectivity index (χ3n) is 3.46. The van der Waals surface area contributed by atoms with E-state index >= 15 is 0 Å². The molecule has 1 amide bonds. The van der Waals surface area contributed by atoms with Crippen molar-refractivity contribution in [2.75, 3.05) is 5.32 Å². The van der Waals surface area contributed by atoms with Gasteiger partial charge in [-0.15, -0.1) is 0 Å². The van der Waals surface area contributed by atoms with Crippen LogP contribution in [0, 0.1) is 0 Å². The number of halogens is 2. The number of carbonyl (C=O) groups is 1. The van der Waals surface area contributed by atoms with Crippen LogP contribution in [0.5, 0.6) is 5.75 Å². The van der Waals surface area contributed by atoms with Gasteiger partial charge in [-0.25, -0.2) is 0 Å². The molecule has 3 nitrogen and oxygen atoms in total. The fraction of sp³-hybridized carbons (Fsp3) is 0.278. The van der Waals surface area contributed by atoms with Gasteiger partial charge in [0.1, 0.15) is 5.75 Å². The Balaban J connectivity index is 2.07. The van der Waals surface area contributed by atoms with Crippen LogP contribution < -0.4 is 10.1 Å². The van der Waals surface area contributed by atoms with Gasteiger partial charge in [0.25, 0.3) is 5.91 Å². The second-order valence-electron chi connectivity index (χ2n) is 5.13. The molecule has 0 aromatic heterocycles. The molecule has 2 rings (SSSR count). The Bertz CT molecular complexity index is 671. The molecule has 0 heterocycles. The summed E-state index contributed by atoms with van der Waals surface area (Å²) in [6.45, 7) is 3.98. The summed E-state index contributed by atoms with van der Waals surface area (Å²) in [5.74, 6) is 0.414. The summed E-state index contributed by atoms with van der Waals surface area (Å²) in [6, 6.07) is 12.7. The fourth-order valence-electron chi connectivity index (χ4n) is 2.10. The minimum atomic E-state index is -0.600. The van der Waals surface area contributed by atoms with Crippen molar-refractivity contribution < 1.29 is 9.53 Å². The van der Waals surface area contributed by atoms with Crippen LogP contribution in [-0.2, 0) is 11.2 Å². The van der Waals surface area contributed by atoms with E-state index in [9.17, 15) is 4.79 Å². The molecule has 23 heavy (non-hydrogen) atoms. The van der Waals surface area contributed by atoms with E-state index in [1.54, 1.807) is 18.2 Å². The van der Waals surface area contributed by atoms with Crippen molar-refractivity contribution in [3.05, 3.63) is 58.1 Å². The number of aryl methyl sites for hydroxylation is 1. The Morgan fingerprint density at radius 1 is 1.13 bits per heavy atom. The number of nitrogens with one attached hydrogen (secondary N) is 1. The highest BCUT2D eigenvalue weighted by Gasteiger charge is 2.19. The molecule has 1 N–H and O–H groups in total. The minimum absolute atomic E-state index is 0.253. The summed E-state index contributed by atoms with van der Waals surface area (Å²) in [6.07, 6.45) is 0.905. The predicted octanol–water partition coefficient (Wildman–Crippen LogP) is 5.35. The van der Waals surface area contributed by atoms with Gasteiger partial charge in [-0.3, -0.25) is 4.79 Å². The predicted molar refractivity (Wildman–Crippen MR) is 95.6 cm³/mol. The summed E-state index contributed by atoms with van der Waals surface area (Å²) in [4.78, 5) is 12.4. The smallest absolute Gasteiger partial charge is 0.265 e. The number of ether oxygens (including phenoxy) is 1. The first-order chi connectivity index (χ1) is 11.0. The van der Waals surface area contributed by atoms with Crippen molar-refractivity contribution >= 4 is 34.8 Å². The lowest BCUT2D eigenvalue weighted by atomic mass is 10.1. The molecule has 0 fully saturated rings. The first kappa shape index (κ1) is 17.6. The quantitative estimate of drug-likeness (QED) is 0.761. The molecular weight excluding hydrogens is 333 g/mol.